The summed E-state index contributed by atoms with van der Waals surface area (Å²) in [6.45, 7) is 5.25. The van der Waals surface area contributed by atoms with Crippen LogP contribution in [0.15, 0.2) is 226 Å². The Labute approximate surface area is 405 Å². The molecule has 8 nitrogen and oxygen atoms in total. The van der Waals surface area contributed by atoms with Crippen LogP contribution >= 0.6 is 15.8 Å². The zero-order valence-corrected chi connectivity index (χ0v) is 40.5. The van der Waals surface area contributed by atoms with Crippen molar-refractivity contribution in [3.63, 3.8) is 0 Å². The molecular weight excluding hydrogens is 972 g/mol. The summed E-state index contributed by atoms with van der Waals surface area (Å²) in [5.74, 6) is -1.96. The number of allylic oxidation sites excluding steroid dienone is 1. The molecule has 0 saturated carbocycles. The Morgan fingerprint density at radius 1 is 0.379 bits per heavy atom. The molecule has 4 atom stereocenters. The third-order valence-electron chi connectivity index (χ3n) is 12.2. The Bertz CT molecular complexity index is 3000. The maximum atomic E-state index is 15.0. The van der Waals surface area contributed by atoms with Gasteiger partial charge in [0.1, 0.15) is 10.6 Å². The molecular formula is C54H47ClN4O4P2Pd. The standard InChI is InChI=1S/C50H36N4O4P2.C3H6.CH3.ClH.Pd/c55-43-37-27-13-14-28-38(37)44(56)52-48(34-21-7-2-8-22-34)59(47(51(43)52)33-19-5-1-6-20-33)41-31-17-18-32-42(41)60-49(35-23-9-3-10-24-35)53-45(57)39-29-15-16-30-40(39)46(58)54(53)50(60)36-25-11-4-12-26-36;1-3-2;;;/h1-32,47-50H;3H,1H2,2H3;1H3;1H;/q;;-1;;/p+1/t47-,48-,49-,50-;;;;/m0..../s1. The molecule has 0 bridgehead atoms. The van der Waals surface area contributed by atoms with Crippen LogP contribution in [0.25, 0.3) is 21.5 Å². The Hall–Kier alpha value is -6.03. The van der Waals surface area contributed by atoms with Crippen molar-refractivity contribution in [2.75, 3.05) is 0 Å². The molecule has 0 amide bonds. The first-order valence-electron chi connectivity index (χ1n) is 21.1. The quantitative estimate of drug-likeness (QED) is 0.0817. The number of nitrogens with zero attached hydrogens (tertiary/aromatic N) is 4. The van der Waals surface area contributed by atoms with Crippen LogP contribution in [0.5, 0.6) is 0 Å². The van der Waals surface area contributed by atoms with Gasteiger partial charge in [-0.15, -0.1) is 6.58 Å². The summed E-state index contributed by atoms with van der Waals surface area (Å²) in [4.78, 5) is 60.1. The number of benzene rings is 7. The third-order valence-corrected chi connectivity index (χ3v) is 19.3. The van der Waals surface area contributed by atoms with Gasteiger partial charge in [0.15, 0.2) is 23.1 Å². The van der Waals surface area contributed by atoms with Crippen LogP contribution in [0.2, 0.25) is 0 Å². The van der Waals surface area contributed by atoms with Crippen LogP contribution in [-0.4, -0.2) is 18.7 Å². The number of hydrogen-bond acceptors (Lipinski definition) is 4. The minimum Gasteiger partial charge on any atom is -1.00 e. The van der Waals surface area contributed by atoms with Crippen LogP contribution in [0.4, 0.5) is 0 Å². The van der Waals surface area contributed by atoms with Gasteiger partial charge >= 0.3 is 0 Å². The van der Waals surface area contributed by atoms with Gasteiger partial charge < -0.3 is 19.8 Å². The molecule has 2 aliphatic heterocycles. The average molecular weight is 1020 g/mol. The average Bonchev–Trinajstić information content (AvgIpc) is 3.90. The van der Waals surface area contributed by atoms with Crippen LogP contribution in [-0.2, 0) is 20.4 Å². The van der Waals surface area contributed by atoms with Crippen molar-refractivity contribution in [1.82, 2.24) is 18.7 Å². The maximum absolute atomic E-state index is 15.0. The second-order valence-corrected chi connectivity index (χ2v) is 20.9. The molecule has 12 heteroatoms. The number of hydrogen-bond donors (Lipinski definition) is 0. The minimum absolute atomic E-state index is 0. The topological polar surface area (TPSA) is 88.0 Å². The van der Waals surface area contributed by atoms with E-state index in [0.29, 0.717) is 21.5 Å². The molecule has 66 heavy (non-hydrogen) atoms. The van der Waals surface area contributed by atoms with Gasteiger partial charge in [-0.05, 0) is 43.3 Å². The molecule has 0 radical (unpaired) electrons. The summed E-state index contributed by atoms with van der Waals surface area (Å²) in [5.41, 5.74) is 2.90. The van der Waals surface area contributed by atoms with E-state index in [2.05, 4.69) is 79.4 Å². The monoisotopic (exact) mass is 1020 g/mol. The summed E-state index contributed by atoms with van der Waals surface area (Å²) in [6, 6.07) is 63.0. The molecule has 0 spiro atoms. The van der Waals surface area contributed by atoms with E-state index in [4.69, 9.17) is 0 Å². The predicted octanol–water partition coefficient (Wildman–Crippen LogP) is 6.58. The minimum atomic E-state index is -2.09. The zero-order valence-electron chi connectivity index (χ0n) is 36.2. The number of fused-ring (bicyclic) bond motifs is 4. The largest absolute Gasteiger partial charge is 1.00 e. The molecule has 2 aliphatic rings. The van der Waals surface area contributed by atoms with Gasteiger partial charge in [-0.25, -0.2) is 0 Å². The Balaban J connectivity index is 0.00000105. The second-order valence-electron chi connectivity index (χ2n) is 15.8. The fourth-order valence-electron chi connectivity index (χ4n) is 9.79. The Morgan fingerprint density at radius 2 is 0.561 bits per heavy atom. The Kier molecular flexibility index (Phi) is 14.7. The van der Waals surface area contributed by atoms with Crippen LogP contribution in [0.1, 0.15) is 52.3 Å². The smallest absolute Gasteiger partial charge is 0.277 e. The third kappa shape index (κ3) is 7.84. The van der Waals surface area contributed by atoms with Crippen molar-refractivity contribution < 1.29 is 32.8 Å². The van der Waals surface area contributed by atoms with E-state index in [9.17, 15) is 0 Å². The molecule has 0 saturated heterocycles. The van der Waals surface area contributed by atoms with Gasteiger partial charge in [-0.3, -0.25) is 19.2 Å². The molecule has 0 fully saturated rings. The van der Waals surface area contributed by atoms with Crippen molar-refractivity contribution in [2.24, 2.45) is 0 Å². The molecule has 7 aromatic carbocycles. The van der Waals surface area contributed by atoms with Gasteiger partial charge in [0.25, 0.3) is 22.2 Å². The van der Waals surface area contributed by atoms with Gasteiger partial charge in [-0.2, -0.15) is 18.7 Å². The molecule has 0 N–H and O–H groups in total. The fraction of sp³-hybridized carbons (Fsp3) is 0.0926. The van der Waals surface area contributed by atoms with E-state index in [1.807, 2.05) is 104 Å². The summed E-state index contributed by atoms with van der Waals surface area (Å²) in [5, 5.41) is 3.69. The van der Waals surface area contributed by atoms with E-state index in [1.54, 1.807) is 49.1 Å². The van der Waals surface area contributed by atoms with Crippen molar-refractivity contribution >= 4 is 48.0 Å². The molecule has 9 aromatic rings. The van der Waals surface area contributed by atoms with Gasteiger partial charge in [0.05, 0.1) is 37.4 Å². The normalized spacial score (nSPS) is 17.3. The molecule has 2 aromatic heterocycles. The SMILES string of the molecule is C=CC.O=c1c2ccccc2c(=O)n2n1[C@H](c1ccccc1)[PH+](c1ccccc1[PH+]1[C@@H](c3ccccc3)n3c(=O)c4ccccc4c(=O)n3[C@@H]1c1ccccc1)[C@H]2c1ccccc1.[CH3-].[Cl-].[Pd]. The summed E-state index contributed by atoms with van der Waals surface area (Å²) >= 11 is 0. The van der Waals surface area contributed by atoms with E-state index in [0.717, 1.165) is 32.9 Å². The number of aromatic nitrogens is 4. The van der Waals surface area contributed by atoms with Gasteiger partial charge in [-0.1, -0.05) is 164 Å². The van der Waals surface area contributed by atoms with Crippen LogP contribution in [0, 0.1) is 7.43 Å². The van der Waals surface area contributed by atoms with Crippen molar-refractivity contribution in [3.05, 3.63) is 278 Å². The van der Waals surface area contributed by atoms with Gasteiger partial charge in [0.2, 0.25) is 0 Å². The Morgan fingerprint density at radius 3 is 0.773 bits per heavy atom. The summed E-state index contributed by atoms with van der Waals surface area (Å²) < 4.78 is 6.98. The molecule has 4 heterocycles. The first-order valence-corrected chi connectivity index (χ1v) is 24.4. The van der Waals surface area contributed by atoms with Crippen molar-refractivity contribution in [3.8, 4) is 0 Å². The molecule has 0 aliphatic carbocycles. The molecule has 334 valence electrons. The first-order chi connectivity index (χ1) is 30.9. The van der Waals surface area contributed by atoms with Crippen molar-refractivity contribution in [2.45, 2.75) is 30.1 Å². The fourth-order valence-corrected chi connectivity index (χ4v) is 18.0. The molecule has 11 rings (SSSR count). The maximum Gasteiger partial charge on any atom is 0.277 e. The molecule has 0 unspecified atom stereocenters. The van der Waals surface area contributed by atoms with Crippen LogP contribution < -0.4 is 45.3 Å². The first kappa shape index (κ1) is 47.9. The van der Waals surface area contributed by atoms with E-state index < -0.39 is 39.0 Å². The summed E-state index contributed by atoms with van der Waals surface area (Å²) in [7, 11) is -4.18. The van der Waals surface area contributed by atoms with Crippen molar-refractivity contribution in [1.29, 1.82) is 0 Å². The predicted molar refractivity (Wildman–Crippen MR) is 268 cm³/mol. The second kappa shape index (κ2) is 20.2. The number of halogens is 1. The van der Waals surface area contributed by atoms with E-state index >= 15 is 19.2 Å². The summed E-state index contributed by atoms with van der Waals surface area (Å²) in [6.07, 6.45) is 1.75. The van der Waals surface area contributed by atoms with E-state index in [1.165, 1.54) is 0 Å². The van der Waals surface area contributed by atoms with E-state index in [-0.39, 0.29) is 62.5 Å². The zero-order chi connectivity index (χ0) is 43.2. The number of rotatable bonds is 6. The van der Waals surface area contributed by atoms with Crippen LogP contribution in [0.3, 0.4) is 0 Å². The van der Waals surface area contributed by atoms with Gasteiger partial charge in [0, 0.05) is 42.7 Å².